The van der Waals surface area contributed by atoms with Crippen LogP contribution in [-0.2, 0) is 9.59 Å². The molecular formula is C26H53N7O3. The molecule has 0 spiro atoms. The highest BCUT2D eigenvalue weighted by Gasteiger charge is 2.32. The molecule has 3 aliphatic heterocycles. The second kappa shape index (κ2) is 15.8. The van der Waals surface area contributed by atoms with E-state index in [9.17, 15) is 9.59 Å². The number of carboxylic acid groups (broad SMARTS) is 1. The fourth-order valence-electron chi connectivity index (χ4n) is 5.02. The topological polar surface area (TPSA) is 139 Å². The van der Waals surface area contributed by atoms with E-state index in [-0.39, 0.29) is 24.2 Å². The van der Waals surface area contributed by atoms with Gasteiger partial charge in [0, 0.05) is 57.5 Å². The van der Waals surface area contributed by atoms with Gasteiger partial charge in [0.1, 0.15) is 0 Å². The molecule has 10 nitrogen and oxygen atoms in total. The van der Waals surface area contributed by atoms with E-state index in [1.54, 1.807) is 0 Å². The van der Waals surface area contributed by atoms with Crippen LogP contribution in [0, 0.1) is 23.2 Å². The van der Waals surface area contributed by atoms with Crippen molar-refractivity contribution in [2.24, 2.45) is 23.2 Å². The lowest BCUT2D eigenvalue weighted by Crippen LogP contribution is -2.65. The van der Waals surface area contributed by atoms with Crippen LogP contribution in [0.3, 0.4) is 0 Å². The van der Waals surface area contributed by atoms with Crippen molar-refractivity contribution in [3.63, 3.8) is 0 Å². The average molecular weight is 512 g/mol. The molecule has 3 aliphatic rings. The lowest BCUT2D eigenvalue weighted by molar-refractivity contribution is -0.137. The number of hydrogen-bond acceptors (Lipinski definition) is 8. The Balaban J connectivity index is 2.23. The molecule has 1 amide bonds. The van der Waals surface area contributed by atoms with E-state index in [0.29, 0.717) is 43.8 Å². The molecule has 0 saturated carbocycles. The van der Waals surface area contributed by atoms with Crippen molar-refractivity contribution >= 4 is 11.9 Å². The maximum atomic E-state index is 12.9. The first-order valence-electron chi connectivity index (χ1n) is 13.9. The molecule has 3 heterocycles. The molecule has 2 bridgehead atoms. The third kappa shape index (κ3) is 12.3. The Hall–Kier alpha value is -1.30. The Kier molecular flexibility index (Phi) is 13.6. The largest absolute Gasteiger partial charge is 0.481 e. The van der Waals surface area contributed by atoms with E-state index in [1.165, 1.54) is 0 Å². The van der Waals surface area contributed by atoms with Gasteiger partial charge in [-0.15, -0.1) is 0 Å². The maximum absolute atomic E-state index is 12.9. The van der Waals surface area contributed by atoms with Crippen molar-refractivity contribution in [1.29, 1.82) is 0 Å². The minimum Gasteiger partial charge on any atom is -0.481 e. The van der Waals surface area contributed by atoms with Gasteiger partial charge in [-0.1, -0.05) is 27.7 Å². The summed E-state index contributed by atoms with van der Waals surface area (Å²) in [7, 11) is 0. The van der Waals surface area contributed by atoms with Gasteiger partial charge < -0.3 is 42.3 Å². The Morgan fingerprint density at radius 1 is 0.694 bits per heavy atom. The predicted molar refractivity (Wildman–Crippen MR) is 145 cm³/mol. The van der Waals surface area contributed by atoms with Gasteiger partial charge in [-0.2, -0.15) is 0 Å². The van der Waals surface area contributed by atoms with Crippen LogP contribution < -0.4 is 37.2 Å². The molecule has 0 radical (unpaired) electrons. The molecule has 3 fully saturated rings. The quantitative estimate of drug-likeness (QED) is 0.247. The number of fused-ring (bicyclic) bond motifs is 18. The summed E-state index contributed by atoms with van der Waals surface area (Å²) in [5.41, 5.74) is -0.387. The molecule has 10 heteroatoms. The van der Waals surface area contributed by atoms with Gasteiger partial charge in [0.25, 0.3) is 0 Å². The highest BCUT2D eigenvalue weighted by atomic mass is 16.4. The lowest BCUT2D eigenvalue weighted by Gasteiger charge is -2.38. The number of nitrogens with one attached hydrogen (secondary N) is 7. The van der Waals surface area contributed by atoms with Crippen LogP contribution in [0.4, 0.5) is 0 Å². The van der Waals surface area contributed by atoms with Gasteiger partial charge in [-0.25, -0.2) is 0 Å². The molecule has 0 aromatic heterocycles. The van der Waals surface area contributed by atoms with Crippen molar-refractivity contribution in [1.82, 2.24) is 37.2 Å². The highest BCUT2D eigenvalue weighted by Crippen LogP contribution is 2.14. The first kappa shape index (κ1) is 30.9. The van der Waals surface area contributed by atoms with Gasteiger partial charge >= 0.3 is 5.97 Å². The molecule has 3 unspecified atom stereocenters. The third-order valence-corrected chi connectivity index (χ3v) is 7.20. The lowest BCUT2D eigenvalue weighted by atomic mass is 9.89. The SMILES string of the molecule is CC1CNCC2(C)CNCC(C)CNCC(NC(=O)CCCC(=O)O)(CNC1)CNCC(C)CNC2. The van der Waals surface area contributed by atoms with Crippen LogP contribution in [0.15, 0.2) is 0 Å². The van der Waals surface area contributed by atoms with Crippen molar-refractivity contribution in [3.8, 4) is 0 Å². The first-order valence-corrected chi connectivity index (χ1v) is 13.9. The van der Waals surface area contributed by atoms with E-state index in [1.807, 2.05) is 0 Å². The number of aliphatic carboxylic acids is 1. The molecule has 0 aliphatic carbocycles. The summed E-state index contributed by atoms with van der Waals surface area (Å²) in [6.45, 7) is 19.2. The van der Waals surface area contributed by atoms with Gasteiger partial charge in [-0.3, -0.25) is 9.59 Å². The number of rotatable bonds is 5. The number of carbonyl (C=O) groups is 2. The van der Waals surface area contributed by atoms with Crippen LogP contribution in [0.5, 0.6) is 0 Å². The monoisotopic (exact) mass is 511 g/mol. The van der Waals surface area contributed by atoms with Gasteiger partial charge in [0.2, 0.25) is 5.91 Å². The zero-order chi connectivity index (χ0) is 26.4. The van der Waals surface area contributed by atoms with Crippen LogP contribution in [0.25, 0.3) is 0 Å². The minimum absolute atomic E-state index is 0.00770. The number of carbonyl (C=O) groups excluding carboxylic acids is 1. The molecule has 210 valence electrons. The summed E-state index contributed by atoms with van der Waals surface area (Å²) in [6, 6.07) is 0. The smallest absolute Gasteiger partial charge is 0.303 e. The Morgan fingerprint density at radius 2 is 1.06 bits per heavy atom. The highest BCUT2D eigenvalue weighted by molar-refractivity contribution is 5.77. The Labute approximate surface area is 218 Å². The average Bonchev–Trinajstić information content (AvgIpc) is 2.77. The third-order valence-electron chi connectivity index (χ3n) is 7.20. The number of hydrogen-bond donors (Lipinski definition) is 8. The standard InChI is InChI=1S/C26H53N7O3/c1-20-8-27-14-25(4)15-28-9-21(2)12-31-18-26(17-30-11-20,19-32-13-22(3)10-29-16-25)33-23(34)6-5-7-24(35)36/h20-22,27-32H,5-19H2,1-4H3,(H,33,34)(H,35,36). The normalized spacial score (nSPS) is 34.4. The van der Waals surface area contributed by atoms with E-state index in [0.717, 1.165) is 58.9 Å². The van der Waals surface area contributed by atoms with E-state index in [4.69, 9.17) is 5.11 Å². The van der Waals surface area contributed by atoms with Crippen molar-refractivity contribution < 1.29 is 14.7 Å². The zero-order valence-corrected chi connectivity index (χ0v) is 23.1. The van der Waals surface area contributed by atoms with Crippen LogP contribution in [-0.4, -0.2) is 101 Å². The zero-order valence-electron chi connectivity index (χ0n) is 23.1. The fourth-order valence-corrected chi connectivity index (χ4v) is 5.02. The summed E-state index contributed by atoms with van der Waals surface area (Å²) in [5, 5.41) is 34.3. The van der Waals surface area contributed by atoms with Crippen LogP contribution in [0.1, 0.15) is 47.0 Å². The minimum atomic E-state index is -0.867. The van der Waals surface area contributed by atoms with E-state index in [2.05, 4.69) is 64.9 Å². The molecular weight excluding hydrogens is 458 g/mol. The Morgan fingerprint density at radius 3 is 1.42 bits per heavy atom. The fraction of sp³-hybridized carbons (Fsp3) is 0.923. The molecule has 0 aromatic rings. The Bertz CT molecular complexity index is 606. The molecule has 3 saturated heterocycles. The van der Waals surface area contributed by atoms with Crippen LogP contribution >= 0.6 is 0 Å². The van der Waals surface area contributed by atoms with E-state index < -0.39 is 11.5 Å². The number of carboxylic acids is 1. The molecule has 3 rings (SSSR count). The summed E-state index contributed by atoms with van der Waals surface area (Å²) < 4.78 is 0. The van der Waals surface area contributed by atoms with Gasteiger partial charge in [-0.05, 0) is 63.4 Å². The molecule has 0 aromatic carbocycles. The van der Waals surface area contributed by atoms with Gasteiger partial charge in [0.05, 0.1) is 5.54 Å². The van der Waals surface area contributed by atoms with E-state index >= 15 is 0 Å². The van der Waals surface area contributed by atoms with Crippen molar-refractivity contribution in [2.75, 3.05) is 78.5 Å². The molecule has 3 atom stereocenters. The maximum Gasteiger partial charge on any atom is 0.303 e. The molecule has 8 N–H and O–H groups in total. The summed E-state index contributed by atoms with van der Waals surface area (Å²) in [6.07, 6.45) is 0.570. The first-order chi connectivity index (χ1) is 17.1. The predicted octanol–water partition coefficient (Wildman–Crippen LogP) is -0.424. The van der Waals surface area contributed by atoms with Crippen molar-refractivity contribution in [2.45, 2.75) is 52.5 Å². The second-order valence-electron chi connectivity index (χ2n) is 12.0. The second-order valence-corrected chi connectivity index (χ2v) is 12.0. The summed E-state index contributed by atoms with van der Waals surface area (Å²) >= 11 is 0. The van der Waals surface area contributed by atoms with Crippen LogP contribution in [0.2, 0.25) is 0 Å². The number of amides is 1. The van der Waals surface area contributed by atoms with Crippen molar-refractivity contribution in [3.05, 3.63) is 0 Å². The summed E-state index contributed by atoms with van der Waals surface area (Å²) in [5.74, 6) is 0.375. The van der Waals surface area contributed by atoms with Gasteiger partial charge in [0.15, 0.2) is 0 Å². The molecule has 36 heavy (non-hydrogen) atoms. The summed E-state index contributed by atoms with van der Waals surface area (Å²) in [4.78, 5) is 23.8.